The fraction of sp³-hybridized carbons (Fsp3) is 0.316. The van der Waals surface area contributed by atoms with Crippen LogP contribution in [0.15, 0.2) is 48.5 Å². The van der Waals surface area contributed by atoms with Gasteiger partial charge in [-0.05, 0) is 50.1 Å². The van der Waals surface area contributed by atoms with E-state index < -0.39 is 16.1 Å². The number of hydrogen-bond donors (Lipinski definition) is 0. The number of amides is 1. The van der Waals surface area contributed by atoms with Crippen LogP contribution in [0, 0.1) is 0 Å². The van der Waals surface area contributed by atoms with Gasteiger partial charge < -0.3 is 4.90 Å². The molecule has 0 aromatic heterocycles. The lowest BCUT2D eigenvalue weighted by molar-refractivity contribution is -0.119. The molecule has 26 heavy (non-hydrogen) atoms. The highest BCUT2D eigenvalue weighted by molar-refractivity contribution is 7.92. The fourth-order valence-corrected chi connectivity index (χ4v) is 4.86. The Hall–Kier alpha value is -2.05. The van der Waals surface area contributed by atoms with Crippen LogP contribution < -0.4 is 9.21 Å². The summed E-state index contributed by atoms with van der Waals surface area (Å²) in [4.78, 5) is 14.9. The molecule has 0 unspecified atom stereocenters. The first-order chi connectivity index (χ1) is 12.2. The molecular weight excluding hydrogens is 372 g/mol. The zero-order valence-electron chi connectivity index (χ0n) is 14.9. The highest BCUT2D eigenvalue weighted by Gasteiger charge is 2.37. The molecule has 1 amide bonds. The van der Waals surface area contributed by atoms with Gasteiger partial charge in [0, 0.05) is 16.8 Å². The van der Waals surface area contributed by atoms with Crippen molar-refractivity contribution in [3.63, 3.8) is 0 Å². The third-order valence-corrected chi connectivity index (χ3v) is 6.05. The lowest BCUT2D eigenvalue weighted by Crippen LogP contribution is -2.51. The van der Waals surface area contributed by atoms with Gasteiger partial charge in [-0.3, -0.25) is 9.10 Å². The number of carbonyl (C=O) groups excluding carboxylic acids is 1. The normalized spacial score (nSPS) is 17.7. The lowest BCUT2D eigenvalue weighted by atomic mass is 10.1. The Bertz CT molecular complexity index is 945. The summed E-state index contributed by atoms with van der Waals surface area (Å²) in [7, 11) is -3.68. The van der Waals surface area contributed by atoms with Gasteiger partial charge in [-0.15, -0.1) is 0 Å². The summed E-state index contributed by atoms with van der Waals surface area (Å²) in [5, 5.41) is 0.413. The smallest absolute Gasteiger partial charge is 0.250 e. The number of anilines is 2. The second kappa shape index (κ2) is 6.93. The van der Waals surface area contributed by atoms with Crippen LogP contribution in [-0.4, -0.2) is 32.7 Å². The molecule has 0 N–H and O–H groups in total. The first kappa shape index (κ1) is 18.7. The minimum atomic E-state index is -3.68. The van der Waals surface area contributed by atoms with Gasteiger partial charge in [0.2, 0.25) is 10.0 Å². The number of para-hydroxylation sites is 1. The van der Waals surface area contributed by atoms with Gasteiger partial charge in [0.1, 0.15) is 6.04 Å². The van der Waals surface area contributed by atoms with E-state index >= 15 is 0 Å². The van der Waals surface area contributed by atoms with Crippen LogP contribution in [0.3, 0.4) is 0 Å². The van der Waals surface area contributed by atoms with Crippen LogP contribution in [0.25, 0.3) is 0 Å². The Labute approximate surface area is 159 Å². The van der Waals surface area contributed by atoms with E-state index in [9.17, 15) is 13.2 Å². The Morgan fingerprint density at radius 3 is 2.58 bits per heavy atom. The number of fused-ring (bicyclic) bond motifs is 1. The molecule has 2 aromatic rings. The molecular formula is C19H21ClN2O3S. The highest BCUT2D eigenvalue weighted by Crippen LogP contribution is 2.34. The minimum absolute atomic E-state index is 0.0249. The average molecular weight is 393 g/mol. The molecule has 0 saturated carbocycles. The SMILES string of the molecule is C[C@@H]1Cc2ccccc2N1C(=O)[C@H](C)N(c1cccc(Cl)c1)S(C)(=O)=O. The summed E-state index contributed by atoms with van der Waals surface area (Å²) in [6.07, 6.45) is 1.85. The van der Waals surface area contributed by atoms with Gasteiger partial charge in [0.05, 0.1) is 11.9 Å². The number of rotatable bonds is 4. The van der Waals surface area contributed by atoms with Crippen LogP contribution in [0.1, 0.15) is 19.4 Å². The van der Waals surface area contributed by atoms with Crippen molar-refractivity contribution in [3.05, 3.63) is 59.1 Å². The summed E-state index contributed by atoms with van der Waals surface area (Å²) in [6.45, 7) is 3.58. The molecule has 7 heteroatoms. The Kier molecular flexibility index (Phi) is 4.99. The maximum Gasteiger partial charge on any atom is 0.250 e. The van der Waals surface area contributed by atoms with Crippen molar-refractivity contribution in [1.82, 2.24) is 0 Å². The molecule has 3 rings (SSSR count). The number of carbonyl (C=O) groups is 1. The van der Waals surface area contributed by atoms with Gasteiger partial charge in [-0.2, -0.15) is 0 Å². The maximum atomic E-state index is 13.3. The maximum absolute atomic E-state index is 13.3. The summed E-state index contributed by atoms with van der Waals surface area (Å²) in [6, 6.07) is 13.3. The van der Waals surface area contributed by atoms with E-state index in [1.54, 1.807) is 36.1 Å². The topological polar surface area (TPSA) is 57.7 Å². The van der Waals surface area contributed by atoms with E-state index in [1.165, 1.54) is 0 Å². The van der Waals surface area contributed by atoms with Crippen molar-refractivity contribution in [2.75, 3.05) is 15.5 Å². The van der Waals surface area contributed by atoms with E-state index in [2.05, 4.69) is 0 Å². The third kappa shape index (κ3) is 3.44. The van der Waals surface area contributed by atoms with Gasteiger partial charge >= 0.3 is 0 Å². The van der Waals surface area contributed by atoms with Crippen LogP contribution >= 0.6 is 11.6 Å². The molecule has 138 valence electrons. The highest BCUT2D eigenvalue weighted by atomic mass is 35.5. The molecule has 0 radical (unpaired) electrons. The summed E-state index contributed by atoms with van der Waals surface area (Å²) in [5.41, 5.74) is 2.31. The molecule has 0 bridgehead atoms. The zero-order chi connectivity index (χ0) is 19.1. The van der Waals surface area contributed by atoms with Crippen molar-refractivity contribution in [2.24, 2.45) is 0 Å². The predicted octanol–water partition coefficient (Wildman–Crippen LogP) is 3.47. The van der Waals surface area contributed by atoms with Gasteiger partial charge in [-0.25, -0.2) is 8.42 Å². The molecule has 1 aliphatic rings. The molecule has 0 spiro atoms. The Morgan fingerprint density at radius 2 is 1.92 bits per heavy atom. The molecule has 0 fully saturated rings. The van der Waals surface area contributed by atoms with Crippen molar-refractivity contribution in [2.45, 2.75) is 32.4 Å². The van der Waals surface area contributed by atoms with Crippen LogP contribution in [-0.2, 0) is 21.2 Å². The van der Waals surface area contributed by atoms with Crippen molar-refractivity contribution in [1.29, 1.82) is 0 Å². The van der Waals surface area contributed by atoms with E-state index in [4.69, 9.17) is 11.6 Å². The molecule has 0 aliphatic carbocycles. The average Bonchev–Trinajstić information content (AvgIpc) is 2.88. The summed E-state index contributed by atoms with van der Waals surface area (Å²) < 4.78 is 26.0. The second-order valence-corrected chi connectivity index (χ2v) is 8.90. The number of benzene rings is 2. The quantitative estimate of drug-likeness (QED) is 0.800. The second-order valence-electron chi connectivity index (χ2n) is 6.60. The third-order valence-electron chi connectivity index (χ3n) is 4.57. The summed E-state index contributed by atoms with van der Waals surface area (Å²) >= 11 is 6.02. The first-order valence-electron chi connectivity index (χ1n) is 8.36. The van der Waals surface area contributed by atoms with Crippen molar-refractivity contribution < 1.29 is 13.2 Å². The number of hydrogen-bond acceptors (Lipinski definition) is 3. The zero-order valence-corrected chi connectivity index (χ0v) is 16.5. The van der Waals surface area contributed by atoms with Crippen molar-refractivity contribution >= 4 is 38.9 Å². The van der Waals surface area contributed by atoms with Gasteiger partial charge in [0.25, 0.3) is 5.91 Å². The molecule has 2 atom stereocenters. The Balaban J connectivity index is 2.00. The van der Waals surface area contributed by atoms with Crippen LogP contribution in [0.5, 0.6) is 0 Å². The molecule has 0 saturated heterocycles. The number of halogens is 1. The largest absolute Gasteiger partial charge is 0.307 e. The van der Waals surface area contributed by atoms with Crippen molar-refractivity contribution in [3.8, 4) is 0 Å². The van der Waals surface area contributed by atoms with Gasteiger partial charge in [0.15, 0.2) is 0 Å². The van der Waals surface area contributed by atoms with E-state index in [0.29, 0.717) is 10.7 Å². The van der Waals surface area contributed by atoms with E-state index in [1.807, 2.05) is 31.2 Å². The van der Waals surface area contributed by atoms with Gasteiger partial charge in [-0.1, -0.05) is 35.9 Å². The Morgan fingerprint density at radius 1 is 1.23 bits per heavy atom. The van der Waals surface area contributed by atoms with Crippen LogP contribution in [0.2, 0.25) is 5.02 Å². The van der Waals surface area contributed by atoms with E-state index in [0.717, 1.165) is 28.2 Å². The minimum Gasteiger partial charge on any atom is -0.307 e. The molecule has 5 nitrogen and oxygen atoms in total. The monoisotopic (exact) mass is 392 g/mol. The first-order valence-corrected chi connectivity index (χ1v) is 10.6. The molecule has 1 aliphatic heterocycles. The standard InChI is InChI=1S/C19H21ClN2O3S/c1-13-11-15-7-4-5-10-18(15)21(13)19(23)14(2)22(26(3,24)25)17-9-6-8-16(20)12-17/h4-10,12-14H,11H2,1-3H3/t13-,14+/m1/s1. The van der Waals surface area contributed by atoms with E-state index in [-0.39, 0.29) is 11.9 Å². The number of nitrogens with zero attached hydrogens (tertiary/aromatic N) is 2. The lowest BCUT2D eigenvalue weighted by Gasteiger charge is -2.33. The predicted molar refractivity (Wildman–Crippen MR) is 105 cm³/mol. The van der Waals surface area contributed by atoms with Crippen LogP contribution in [0.4, 0.5) is 11.4 Å². The fourth-order valence-electron chi connectivity index (χ4n) is 3.52. The number of sulfonamides is 1. The molecule has 2 aromatic carbocycles. The molecule has 1 heterocycles. The summed E-state index contributed by atoms with van der Waals surface area (Å²) in [5.74, 6) is -0.257.